The van der Waals surface area contributed by atoms with Gasteiger partial charge in [-0.05, 0) is 67.1 Å². The number of nitrogens with one attached hydrogen (secondary N) is 1. The number of hydrogen-bond acceptors (Lipinski definition) is 4. The fraction of sp³-hybridized carbons (Fsp3) is 0.115. The van der Waals surface area contributed by atoms with E-state index in [4.69, 9.17) is 10.5 Å². The van der Waals surface area contributed by atoms with Crippen LogP contribution in [0.3, 0.4) is 0 Å². The van der Waals surface area contributed by atoms with Gasteiger partial charge in [-0.3, -0.25) is 9.59 Å². The van der Waals surface area contributed by atoms with Gasteiger partial charge in [0.1, 0.15) is 5.75 Å². The number of carbonyl (C=O) groups is 2. The monoisotopic (exact) mass is 440 g/mol. The van der Waals surface area contributed by atoms with E-state index in [0.29, 0.717) is 16.9 Å². The normalized spacial score (nSPS) is 11.1. The minimum Gasteiger partial charge on any atom is -0.496 e. The first-order valence-electron chi connectivity index (χ1n) is 10.4. The number of nitrogens with two attached hydrogens (primary N) is 1. The maximum atomic E-state index is 12.8. The zero-order chi connectivity index (χ0) is 23.5. The van der Waals surface area contributed by atoms with Crippen LogP contribution in [0.2, 0.25) is 0 Å². The highest BCUT2D eigenvalue weighted by molar-refractivity contribution is 6.02. The van der Waals surface area contributed by atoms with E-state index in [1.54, 1.807) is 24.4 Å². The number of nitrogens with zero attached hydrogens (tertiary/aromatic N) is 2. The number of methoxy groups -OCH3 is 1. The molecule has 0 bridgehead atoms. The highest BCUT2D eigenvalue weighted by Gasteiger charge is 2.14. The molecule has 0 saturated heterocycles. The van der Waals surface area contributed by atoms with Crippen LogP contribution < -0.4 is 15.9 Å². The molecule has 0 atom stereocenters. The zero-order valence-electron chi connectivity index (χ0n) is 18.6. The van der Waals surface area contributed by atoms with Gasteiger partial charge in [-0.15, -0.1) is 0 Å². The van der Waals surface area contributed by atoms with E-state index in [2.05, 4.69) is 10.5 Å². The molecular weight excluding hydrogens is 416 g/mol. The van der Waals surface area contributed by atoms with Crippen molar-refractivity contribution in [2.75, 3.05) is 7.11 Å². The number of aromatic nitrogens is 1. The van der Waals surface area contributed by atoms with Gasteiger partial charge in [0.15, 0.2) is 0 Å². The van der Waals surface area contributed by atoms with Crippen molar-refractivity contribution in [3.05, 3.63) is 94.8 Å². The summed E-state index contributed by atoms with van der Waals surface area (Å²) in [7, 11) is 1.54. The molecule has 7 nitrogen and oxygen atoms in total. The molecular formula is C26H24N4O3. The van der Waals surface area contributed by atoms with Crippen molar-refractivity contribution in [3.8, 4) is 11.4 Å². The number of amides is 2. The molecule has 4 aromatic rings. The van der Waals surface area contributed by atoms with Crippen LogP contribution in [0.1, 0.15) is 37.7 Å². The second-order valence-electron chi connectivity index (χ2n) is 7.67. The standard InChI is InChI=1S/C26H24N4O3/c1-16-12-21(17(2)30(16)22-10-8-18(9-11-22)25(27)31)15-28-29-26(32)23-13-19-6-4-5-7-20(19)14-24(23)33-3/h4-15H,1-3H3,(H2,27,31)(H,29,32)/b28-15-. The molecule has 0 aliphatic rings. The van der Waals surface area contributed by atoms with Crippen molar-refractivity contribution < 1.29 is 14.3 Å². The molecule has 3 aromatic carbocycles. The smallest absolute Gasteiger partial charge is 0.275 e. The number of rotatable bonds is 6. The quantitative estimate of drug-likeness (QED) is 0.348. The SMILES string of the molecule is COc1cc2ccccc2cc1C(=O)N/N=C\c1cc(C)n(-c2ccc(C(N)=O)cc2)c1C. The summed E-state index contributed by atoms with van der Waals surface area (Å²) in [5, 5.41) is 6.10. The Morgan fingerprint density at radius 1 is 1.00 bits per heavy atom. The van der Waals surface area contributed by atoms with Crippen LogP contribution in [0, 0.1) is 13.8 Å². The van der Waals surface area contributed by atoms with Crippen molar-refractivity contribution in [3.63, 3.8) is 0 Å². The van der Waals surface area contributed by atoms with Gasteiger partial charge >= 0.3 is 0 Å². The molecule has 0 saturated carbocycles. The number of hydrogen-bond donors (Lipinski definition) is 2. The fourth-order valence-electron chi connectivity index (χ4n) is 3.88. The molecule has 1 heterocycles. The van der Waals surface area contributed by atoms with E-state index < -0.39 is 5.91 Å². The van der Waals surface area contributed by atoms with E-state index >= 15 is 0 Å². The van der Waals surface area contributed by atoms with E-state index in [1.807, 2.05) is 66.9 Å². The van der Waals surface area contributed by atoms with Crippen molar-refractivity contribution in [1.82, 2.24) is 9.99 Å². The van der Waals surface area contributed by atoms with Gasteiger partial charge in [-0.25, -0.2) is 5.43 Å². The lowest BCUT2D eigenvalue weighted by Crippen LogP contribution is -2.18. The molecule has 7 heteroatoms. The maximum absolute atomic E-state index is 12.8. The minimum absolute atomic E-state index is 0.357. The molecule has 4 rings (SSSR count). The summed E-state index contributed by atoms with van der Waals surface area (Å²) < 4.78 is 7.45. The molecule has 2 amide bonds. The van der Waals surface area contributed by atoms with Gasteiger partial charge in [0.25, 0.3) is 5.91 Å². The number of carbonyl (C=O) groups excluding carboxylic acids is 2. The zero-order valence-corrected chi connectivity index (χ0v) is 18.6. The van der Waals surface area contributed by atoms with E-state index in [0.717, 1.165) is 33.4 Å². The first-order chi connectivity index (χ1) is 15.9. The molecule has 0 aliphatic heterocycles. The van der Waals surface area contributed by atoms with Crippen LogP contribution in [0.25, 0.3) is 16.5 Å². The number of aryl methyl sites for hydroxylation is 1. The van der Waals surface area contributed by atoms with Crippen molar-refractivity contribution >= 4 is 28.8 Å². The van der Waals surface area contributed by atoms with E-state index in [9.17, 15) is 9.59 Å². The molecule has 0 aliphatic carbocycles. The van der Waals surface area contributed by atoms with Crippen molar-refractivity contribution in [1.29, 1.82) is 0 Å². The average molecular weight is 441 g/mol. The number of primary amides is 1. The molecule has 33 heavy (non-hydrogen) atoms. The van der Waals surface area contributed by atoms with Crippen LogP contribution in [0.15, 0.2) is 71.8 Å². The summed E-state index contributed by atoms with van der Waals surface area (Å²) in [6, 6.07) is 20.5. The largest absolute Gasteiger partial charge is 0.496 e. The number of fused-ring (bicyclic) bond motifs is 1. The number of hydrazone groups is 1. The Balaban J connectivity index is 1.56. The van der Waals surface area contributed by atoms with Gasteiger partial charge in [0, 0.05) is 28.2 Å². The van der Waals surface area contributed by atoms with Crippen molar-refractivity contribution in [2.24, 2.45) is 10.8 Å². The molecule has 0 unspecified atom stereocenters. The lowest BCUT2D eigenvalue weighted by Gasteiger charge is -2.10. The third-order valence-corrected chi connectivity index (χ3v) is 5.56. The molecule has 166 valence electrons. The Morgan fingerprint density at radius 2 is 1.67 bits per heavy atom. The Bertz CT molecular complexity index is 1380. The summed E-state index contributed by atoms with van der Waals surface area (Å²) in [6.45, 7) is 3.94. The second-order valence-corrected chi connectivity index (χ2v) is 7.67. The lowest BCUT2D eigenvalue weighted by molar-refractivity contribution is 0.0951. The Hall–Kier alpha value is -4.39. The molecule has 0 radical (unpaired) electrons. The third-order valence-electron chi connectivity index (χ3n) is 5.56. The Labute approximate surface area is 191 Å². The third kappa shape index (κ3) is 4.34. The predicted octanol–water partition coefficient (Wildman–Crippen LogP) is 4.12. The van der Waals surface area contributed by atoms with E-state index in [1.165, 1.54) is 7.11 Å². The minimum atomic E-state index is -0.464. The molecule has 0 spiro atoms. The summed E-state index contributed by atoms with van der Waals surface area (Å²) in [6.07, 6.45) is 1.61. The number of benzene rings is 3. The van der Waals surface area contributed by atoms with Gasteiger partial charge in [0.05, 0.1) is 18.9 Å². The maximum Gasteiger partial charge on any atom is 0.275 e. The van der Waals surface area contributed by atoms with Gasteiger partial charge in [-0.1, -0.05) is 24.3 Å². The number of ether oxygens (including phenoxy) is 1. The summed E-state index contributed by atoms with van der Waals surface area (Å²) in [5.74, 6) is -0.335. The molecule has 1 aromatic heterocycles. The highest BCUT2D eigenvalue weighted by Crippen LogP contribution is 2.26. The van der Waals surface area contributed by atoms with Crippen molar-refractivity contribution in [2.45, 2.75) is 13.8 Å². The lowest BCUT2D eigenvalue weighted by atomic mass is 10.1. The molecule has 3 N–H and O–H groups in total. The summed E-state index contributed by atoms with van der Waals surface area (Å²) >= 11 is 0. The Morgan fingerprint density at radius 3 is 2.30 bits per heavy atom. The van der Waals surface area contributed by atoms with Crippen LogP contribution >= 0.6 is 0 Å². The summed E-state index contributed by atoms with van der Waals surface area (Å²) in [5.41, 5.74) is 12.5. The predicted molar refractivity (Wildman–Crippen MR) is 129 cm³/mol. The van der Waals surface area contributed by atoms with Gasteiger partial charge < -0.3 is 15.0 Å². The highest BCUT2D eigenvalue weighted by atomic mass is 16.5. The first-order valence-corrected chi connectivity index (χ1v) is 10.4. The van der Waals surface area contributed by atoms with Crippen LogP contribution in [0.4, 0.5) is 0 Å². The average Bonchev–Trinajstić information content (AvgIpc) is 3.10. The molecule has 0 fully saturated rings. The Kier molecular flexibility index (Phi) is 5.95. The van der Waals surface area contributed by atoms with Gasteiger partial charge in [-0.2, -0.15) is 5.10 Å². The van der Waals surface area contributed by atoms with E-state index in [-0.39, 0.29) is 5.91 Å². The van der Waals surface area contributed by atoms with Crippen LogP contribution in [-0.4, -0.2) is 29.7 Å². The van der Waals surface area contributed by atoms with Crippen LogP contribution in [-0.2, 0) is 0 Å². The second kappa shape index (κ2) is 9.00. The fourth-order valence-corrected chi connectivity index (χ4v) is 3.88. The topological polar surface area (TPSA) is 98.7 Å². The van der Waals surface area contributed by atoms with Crippen LogP contribution in [0.5, 0.6) is 5.75 Å². The van der Waals surface area contributed by atoms with Gasteiger partial charge in [0.2, 0.25) is 5.91 Å². The summed E-state index contributed by atoms with van der Waals surface area (Å²) in [4.78, 5) is 24.1. The first kappa shape index (κ1) is 21.8.